The zero-order valence-corrected chi connectivity index (χ0v) is 13.1. The molecule has 1 aromatic heterocycles. The molecule has 1 atom stereocenters. The number of amides is 1. The molecule has 7 heteroatoms. The number of pyridine rings is 1. The Hall–Kier alpha value is -3.06. The van der Waals surface area contributed by atoms with Crippen molar-refractivity contribution in [2.45, 2.75) is 12.6 Å². The standard InChI is InChI=1S/C18H15F2N3O2/c19-12-5-3-6-13(20)16(12)17(21)18(25)22-9-10-8-15(24)23-14-7-2-1-4-11(10)14/h1-8,17H,9,21H2,(H,22,25)(H,23,24). The van der Waals surface area contributed by atoms with Crippen molar-refractivity contribution >= 4 is 16.8 Å². The van der Waals surface area contributed by atoms with Crippen molar-refractivity contribution in [3.63, 3.8) is 0 Å². The summed E-state index contributed by atoms with van der Waals surface area (Å²) in [5, 5.41) is 3.28. The van der Waals surface area contributed by atoms with E-state index in [1.54, 1.807) is 24.3 Å². The topological polar surface area (TPSA) is 88.0 Å². The maximum Gasteiger partial charge on any atom is 0.248 e. The van der Waals surface area contributed by atoms with Crippen LogP contribution in [0.3, 0.4) is 0 Å². The molecule has 0 saturated carbocycles. The molecule has 0 spiro atoms. The van der Waals surface area contributed by atoms with E-state index in [1.165, 1.54) is 12.1 Å². The number of nitrogens with one attached hydrogen (secondary N) is 2. The molecule has 128 valence electrons. The van der Waals surface area contributed by atoms with Gasteiger partial charge in [0.25, 0.3) is 0 Å². The third-order valence-corrected chi connectivity index (χ3v) is 3.88. The molecule has 1 heterocycles. The summed E-state index contributed by atoms with van der Waals surface area (Å²) in [6.45, 7) is 0.00698. The highest BCUT2D eigenvalue weighted by molar-refractivity contribution is 5.85. The molecular weight excluding hydrogens is 328 g/mol. The maximum atomic E-state index is 13.7. The molecule has 25 heavy (non-hydrogen) atoms. The van der Waals surface area contributed by atoms with Crippen LogP contribution in [0.25, 0.3) is 10.9 Å². The summed E-state index contributed by atoms with van der Waals surface area (Å²) in [4.78, 5) is 26.6. The summed E-state index contributed by atoms with van der Waals surface area (Å²) >= 11 is 0. The minimum atomic E-state index is -1.49. The van der Waals surface area contributed by atoms with Gasteiger partial charge >= 0.3 is 0 Å². The SMILES string of the molecule is NC(C(=O)NCc1cc(=O)[nH]c2ccccc12)c1c(F)cccc1F. The Morgan fingerprint density at radius 2 is 1.80 bits per heavy atom. The fourth-order valence-electron chi connectivity index (χ4n) is 2.65. The van der Waals surface area contributed by atoms with E-state index in [9.17, 15) is 18.4 Å². The van der Waals surface area contributed by atoms with Crippen LogP contribution in [0, 0.1) is 11.6 Å². The van der Waals surface area contributed by atoms with E-state index < -0.39 is 29.1 Å². The highest BCUT2D eigenvalue weighted by Crippen LogP contribution is 2.19. The summed E-state index contributed by atoms with van der Waals surface area (Å²) in [5.74, 6) is -2.51. The average Bonchev–Trinajstić information content (AvgIpc) is 2.58. The number of benzene rings is 2. The van der Waals surface area contributed by atoms with Crippen LogP contribution in [-0.4, -0.2) is 10.9 Å². The van der Waals surface area contributed by atoms with Crippen molar-refractivity contribution in [3.8, 4) is 0 Å². The number of rotatable bonds is 4. The minimum Gasteiger partial charge on any atom is -0.350 e. The Kier molecular flexibility index (Phi) is 4.58. The number of halogens is 2. The fourth-order valence-corrected chi connectivity index (χ4v) is 2.65. The van der Waals surface area contributed by atoms with E-state index in [2.05, 4.69) is 10.3 Å². The summed E-state index contributed by atoms with van der Waals surface area (Å²) < 4.78 is 27.5. The summed E-state index contributed by atoms with van der Waals surface area (Å²) in [6.07, 6.45) is 0. The van der Waals surface area contributed by atoms with Crippen LogP contribution >= 0.6 is 0 Å². The third-order valence-electron chi connectivity index (χ3n) is 3.88. The molecule has 0 aliphatic rings. The van der Waals surface area contributed by atoms with E-state index in [4.69, 9.17) is 5.73 Å². The smallest absolute Gasteiger partial charge is 0.248 e. The highest BCUT2D eigenvalue weighted by atomic mass is 19.1. The van der Waals surface area contributed by atoms with Gasteiger partial charge in [-0.05, 0) is 23.8 Å². The van der Waals surface area contributed by atoms with Crippen LogP contribution in [0.5, 0.6) is 0 Å². The quantitative estimate of drug-likeness (QED) is 0.678. The largest absolute Gasteiger partial charge is 0.350 e. The molecule has 0 saturated heterocycles. The van der Waals surface area contributed by atoms with Gasteiger partial charge in [0.05, 0.1) is 0 Å². The van der Waals surface area contributed by atoms with Gasteiger partial charge < -0.3 is 16.0 Å². The number of hydrogen-bond acceptors (Lipinski definition) is 3. The van der Waals surface area contributed by atoms with E-state index in [-0.39, 0.29) is 12.1 Å². The zero-order chi connectivity index (χ0) is 18.0. The number of fused-ring (bicyclic) bond motifs is 1. The van der Waals surface area contributed by atoms with Crippen LogP contribution in [0.2, 0.25) is 0 Å². The molecular formula is C18H15F2N3O2. The Labute approximate surface area is 141 Å². The minimum absolute atomic E-state index is 0.00698. The van der Waals surface area contributed by atoms with Gasteiger partial charge in [-0.2, -0.15) is 0 Å². The van der Waals surface area contributed by atoms with Crippen molar-refractivity contribution in [2.24, 2.45) is 5.73 Å². The lowest BCUT2D eigenvalue weighted by molar-refractivity contribution is -0.122. The molecule has 0 bridgehead atoms. The average molecular weight is 343 g/mol. The Morgan fingerprint density at radius 1 is 1.12 bits per heavy atom. The van der Waals surface area contributed by atoms with Crippen molar-refractivity contribution in [1.82, 2.24) is 10.3 Å². The Morgan fingerprint density at radius 3 is 2.52 bits per heavy atom. The van der Waals surface area contributed by atoms with Crippen molar-refractivity contribution in [1.29, 1.82) is 0 Å². The van der Waals surface area contributed by atoms with Crippen molar-refractivity contribution < 1.29 is 13.6 Å². The molecule has 0 fully saturated rings. The molecule has 0 radical (unpaired) electrons. The van der Waals surface area contributed by atoms with Crippen LogP contribution in [0.4, 0.5) is 8.78 Å². The van der Waals surface area contributed by atoms with Gasteiger partial charge in [-0.15, -0.1) is 0 Å². The van der Waals surface area contributed by atoms with E-state index in [0.29, 0.717) is 11.1 Å². The van der Waals surface area contributed by atoms with Gasteiger partial charge in [0.2, 0.25) is 11.5 Å². The lowest BCUT2D eigenvalue weighted by atomic mass is 10.0. The first-order chi connectivity index (χ1) is 12.0. The number of carbonyl (C=O) groups excluding carboxylic acids is 1. The third kappa shape index (κ3) is 3.41. The maximum absolute atomic E-state index is 13.7. The number of aromatic nitrogens is 1. The van der Waals surface area contributed by atoms with Gasteiger partial charge in [-0.25, -0.2) is 8.78 Å². The van der Waals surface area contributed by atoms with Crippen LogP contribution in [0.1, 0.15) is 17.2 Å². The number of hydrogen-bond donors (Lipinski definition) is 3. The molecule has 0 aliphatic carbocycles. The first-order valence-electron chi connectivity index (χ1n) is 7.55. The second kappa shape index (κ2) is 6.82. The van der Waals surface area contributed by atoms with Gasteiger partial charge in [-0.1, -0.05) is 24.3 Å². The van der Waals surface area contributed by atoms with Crippen LogP contribution in [-0.2, 0) is 11.3 Å². The summed E-state index contributed by atoms with van der Waals surface area (Å²) in [5.41, 5.74) is 6.09. The van der Waals surface area contributed by atoms with Gasteiger partial charge in [-0.3, -0.25) is 9.59 Å². The van der Waals surface area contributed by atoms with Crippen LogP contribution < -0.4 is 16.6 Å². The van der Waals surface area contributed by atoms with E-state index >= 15 is 0 Å². The second-order valence-electron chi connectivity index (χ2n) is 5.54. The monoisotopic (exact) mass is 343 g/mol. The number of nitrogens with two attached hydrogens (primary N) is 1. The number of carbonyl (C=O) groups is 1. The molecule has 1 unspecified atom stereocenters. The lowest BCUT2D eigenvalue weighted by Crippen LogP contribution is -2.35. The molecule has 3 rings (SSSR count). The zero-order valence-electron chi connectivity index (χ0n) is 13.1. The van der Waals surface area contributed by atoms with Gasteiger partial charge in [0.1, 0.15) is 17.7 Å². The van der Waals surface area contributed by atoms with Gasteiger partial charge in [0, 0.05) is 29.1 Å². The molecule has 0 aliphatic heterocycles. The Balaban J connectivity index is 1.82. The predicted octanol–water partition coefficient (Wildman–Crippen LogP) is 2.12. The number of H-pyrrole nitrogens is 1. The number of para-hydroxylation sites is 1. The van der Waals surface area contributed by atoms with E-state index in [1.807, 2.05) is 0 Å². The van der Waals surface area contributed by atoms with E-state index in [0.717, 1.165) is 17.5 Å². The molecule has 3 aromatic rings. The molecule has 1 amide bonds. The molecule has 4 N–H and O–H groups in total. The van der Waals surface area contributed by atoms with Crippen LogP contribution in [0.15, 0.2) is 53.3 Å². The molecule has 5 nitrogen and oxygen atoms in total. The second-order valence-corrected chi connectivity index (χ2v) is 5.54. The number of aromatic amines is 1. The van der Waals surface area contributed by atoms with Crippen molar-refractivity contribution in [2.75, 3.05) is 0 Å². The first-order valence-corrected chi connectivity index (χ1v) is 7.55. The molecule has 2 aromatic carbocycles. The Bertz CT molecular complexity index is 981. The van der Waals surface area contributed by atoms with Crippen molar-refractivity contribution in [3.05, 3.63) is 81.6 Å². The predicted molar refractivity (Wildman–Crippen MR) is 89.7 cm³/mol. The highest BCUT2D eigenvalue weighted by Gasteiger charge is 2.23. The summed E-state index contributed by atoms with van der Waals surface area (Å²) in [7, 11) is 0. The summed E-state index contributed by atoms with van der Waals surface area (Å²) in [6, 6.07) is 10.2. The lowest BCUT2D eigenvalue weighted by Gasteiger charge is -2.14. The first kappa shape index (κ1) is 16.8. The normalized spacial score (nSPS) is 12.1. The fraction of sp³-hybridized carbons (Fsp3) is 0.111. The van der Waals surface area contributed by atoms with Gasteiger partial charge in [0.15, 0.2) is 0 Å².